The maximum atomic E-state index is 13.4. The summed E-state index contributed by atoms with van der Waals surface area (Å²) >= 11 is 0. The number of nitrogens with zero attached hydrogens (tertiary/aromatic N) is 1. The van der Waals surface area contributed by atoms with Gasteiger partial charge in [-0.15, -0.1) is 0 Å². The second kappa shape index (κ2) is 9.84. The van der Waals surface area contributed by atoms with Gasteiger partial charge in [0.2, 0.25) is 5.91 Å². The van der Waals surface area contributed by atoms with Crippen LogP contribution < -0.4 is 14.4 Å². The molecule has 4 aromatic rings. The monoisotopic (exact) mass is 492 g/mol. The summed E-state index contributed by atoms with van der Waals surface area (Å²) in [6, 6.07) is 17.3. The number of carbonyl (C=O) groups excluding carboxylic acids is 1. The van der Waals surface area contributed by atoms with Crippen LogP contribution in [0.15, 0.2) is 76.2 Å². The Morgan fingerprint density at radius 1 is 1.03 bits per heavy atom. The Morgan fingerprint density at radius 2 is 1.74 bits per heavy atom. The summed E-state index contributed by atoms with van der Waals surface area (Å²) in [6.07, 6.45) is 1.65. The fourth-order valence-corrected chi connectivity index (χ4v) is 5.50. The van der Waals surface area contributed by atoms with Gasteiger partial charge in [-0.05, 0) is 74.4 Å². The number of hydrogen-bond donors (Lipinski definition) is 1. The van der Waals surface area contributed by atoms with Gasteiger partial charge in [0.05, 0.1) is 36.1 Å². The van der Waals surface area contributed by atoms with Crippen LogP contribution in [0.5, 0.6) is 5.75 Å². The maximum absolute atomic E-state index is 13.4. The van der Waals surface area contributed by atoms with Gasteiger partial charge in [0.1, 0.15) is 11.3 Å². The number of aryl methyl sites for hydroxylation is 2. The van der Waals surface area contributed by atoms with Crippen molar-refractivity contribution in [2.75, 3.05) is 23.3 Å². The molecule has 0 fully saturated rings. The lowest BCUT2D eigenvalue weighted by atomic mass is 10.0. The minimum Gasteiger partial charge on any atom is -0.495 e. The van der Waals surface area contributed by atoms with E-state index in [0.29, 0.717) is 11.4 Å². The molecule has 182 valence electrons. The maximum Gasteiger partial charge on any atom is 0.264 e. The summed E-state index contributed by atoms with van der Waals surface area (Å²) < 4.78 is 39.2. The predicted molar refractivity (Wildman–Crippen MR) is 138 cm³/mol. The van der Waals surface area contributed by atoms with Crippen molar-refractivity contribution in [2.24, 2.45) is 0 Å². The van der Waals surface area contributed by atoms with E-state index in [0.717, 1.165) is 27.7 Å². The molecular weight excluding hydrogens is 464 g/mol. The lowest BCUT2D eigenvalue weighted by Crippen LogP contribution is -2.30. The van der Waals surface area contributed by atoms with Crippen LogP contribution in [-0.4, -0.2) is 28.0 Å². The molecule has 0 saturated heterocycles. The number of carbonyl (C=O) groups is 1. The molecule has 1 heterocycles. The fourth-order valence-electron chi connectivity index (χ4n) is 4.00. The molecule has 1 aromatic heterocycles. The number of methoxy groups -OCH3 is 1. The van der Waals surface area contributed by atoms with Crippen LogP contribution in [-0.2, 0) is 21.2 Å². The highest BCUT2D eigenvalue weighted by atomic mass is 32.2. The minimum atomic E-state index is -3.86. The first-order chi connectivity index (χ1) is 16.7. The van der Waals surface area contributed by atoms with Gasteiger partial charge in [-0.1, -0.05) is 18.2 Å². The number of nitrogens with one attached hydrogen (secondary N) is 1. The average Bonchev–Trinajstić information content (AvgIpc) is 3.21. The molecule has 0 aliphatic heterocycles. The summed E-state index contributed by atoms with van der Waals surface area (Å²) in [5.74, 6) is 0.0535. The summed E-state index contributed by atoms with van der Waals surface area (Å²) in [7, 11) is -2.40. The van der Waals surface area contributed by atoms with Crippen molar-refractivity contribution >= 4 is 38.3 Å². The van der Waals surface area contributed by atoms with Crippen molar-refractivity contribution in [3.63, 3.8) is 0 Å². The Kier molecular flexibility index (Phi) is 6.84. The third-order valence-corrected chi connectivity index (χ3v) is 7.88. The zero-order valence-corrected chi connectivity index (χ0v) is 21.0. The molecule has 1 amide bonds. The Morgan fingerprint density at radius 3 is 2.43 bits per heavy atom. The number of fused-ring (bicyclic) bond motifs is 1. The standard InChI is InChI=1S/C27H28N2O5S/c1-5-29(21-9-7-6-8-10-21)35(31,32)22-11-12-25(33-4)24(16-22)28-27(30)15-20-17-34-26-14-19(3)18(2)13-23(20)26/h6-14,16-17H,5,15H2,1-4H3,(H,28,30). The Bertz CT molecular complexity index is 1480. The summed E-state index contributed by atoms with van der Waals surface area (Å²) in [5, 5.41) is 3.69. The van der Waals surface area contributed by atoms with E-state index in [1.165, 1.54) is 23.5 Å². The molecule has 0 aliphatic rings. The second-order valence-corrected chi connectivity index (χ2v) is 10.1. The highest BCUT2D eigenvalue weighted by Crippen LogP contribution is 2.31. The van der Waals surface area contributed by atoms with Crippen LogP contribution in [0.4, 0.5) is 11.4 Å². The van der Waals surface area contributed by atoms with Gasteiger partial charge < -0.3 is 14.5 Å². The first-order valence-electron chi connectivity index (χ1n) is 11.3. The van der Waals surface area contributed by atoms with Gasteiger partial charge in [-0.3, -0.25) is 9.10 Å². The van der Waals surface area contributed by atoms with E-state index < -0.39 is 10.0 Å². The van der Waals surface area contributed by atoms with Crippen LogP contribution in [0.2, 0.25) is 0 Å². The lowest BCUT2D eigenvalue weighted by molar-refractivity contribution is -0.115. The summed E-state index contributed by atoms with van der Waals surface area (Å²) in [4.78, 5) is 13.0. The third-order valence-electron chi connectivity index (χ3n) is 5.99. The van der Waals surface area contributed by atoms with Gasteiger partial charge in [0.25, 0.3) is 10.0 Å². The number of hydrogen-bond acceptors (Lipinski definition) is 5. The van der Waals surface area contributed by atoms with Crippen molar-refractivity contribution in [2.45, 2.75) is 32.1 Å². The average molecular weight is 493 g/mol. The first kappa shape index (κ1) is 24.3. The molecule has 0 atom stereocenters. The van der Waals surface area contributed by atoms with Gasteiger partial charge in [0, 0.05) is 17.5 Å². The van der Waals surface area contributed by atoms with Gasteiger partial charge in [0.15, 0.2) is 0 Å². The Labute approximate surface area is 205 Å². The quantitative estimate of drug-likeness (QED) is 0.353. The Hall–Kier alpha value is -3.78. The smallest absolute Gasteiger partial charge is 0.264 e. The molecule has 0 bridgehead atoms. The van der Waals surface area contributed by atoms with Crippen molar-refractivity contribution in [3.8, 4) is 5.75 Å². The van der Waals surface area contributed by atoms with E-state index >= 15 is 0 Å². The van der Waals surface area contributed by atoms with Crippen LogP contribution in [0.1, 0.15) is 23.6 Å². The number of anilines is 2. The second-order valence-electron chi connectivity index (χ2n) is 8.29. The zero-order chi connectivity index (χ0) is 25.2. The SMILES string of the molecule is CCN(c1ccccc1)S(=O)(=O)c1ccc(OC)c(NC(=O)Cc2coc3cc(C)c(C)cc23)c1. The van der Waals surface area contributed by atoms with E-state index in [9.17, 15) is 13.2 Å². The van der Waals surface area contributed by atoms with Crippen LogP contribution >= 0.6 is 0 Å². The molecule has 3 aromatic carbocycles. The number of benzene rings is 3. The van der Waals surface area contributed by atoms with Crippen molar-refractivity contribution in [3.05, 3.63) is 83.6 Å². The molecule has 1 N–H and O–H groups in total. The molecule has 8 heteroatoms. The van der Waals surface area contributed by atoms with E-state index in [-0.39, 0.29) is 29.5 Å². The molecule has 0 aliphatic carbocycles. The van der Waals surface area contributed by atoms with Crippen LogP contribution in [0, 0.1) is 13.8 Å². The van der Waals surface area contributed by atoms with E-state index in [1.54, 1.807) is 43.5 Å². The van der Waals surface area contributed by atoms with Crippen molar-refractivity contribution in [1.29, 1.82) is 0 Å². The summed E-state index contributed by atoms with van der Waals surface area (Å²) in [5.41, 5.74) is 4.55. The zero-order valence-electron chi connectivity index (χ0n) is 20.2. The molecular formula is C27H28N2O5S. The normalized spacial score (nSPS) is 11.4. The van der Waals surface area contributed by atoms with Crippen LogP contribution in [0.3, 0.4) is 0 Å². The molecule has 0 saturated carbocycles. The predicted octanol–water partition coefficient (Wildman–Crippen LogP) is 5.45. The van der Waals surface area contributed by atoms with Gasteiger partial charge in [-0.25, -0.2) is 8.42 Å². The van der Waals surface area contributed by atoms with Crippen molar-refractivity contribution in [1.82, 2.24) is 0 Å². The lowest BCUT2D eigenvalue weighted by Gasteiger charge is -2.23. The van der Waals surface area contributed by atoms with E-state index in [2.05, 4.69) is 5.32 Å². The Balaban J connectivity index is 1.62. The first-order valence-corrected chi connectivity index (χ1v) is 12.7. The topological polar surface area (TPSA) is 88.9 Å². The molecule has 0 unspecified atom stereocenters. The summed E-state index contributed by atoms with van der Waals surface area (Å²) in [6.45, 7) is 6.05. The molecule has 0 radical (unpaired) electrons. The largest absolute Gasteiger partial charge is 0.495 e. The third kappa shape index (κ3) is 4.88. The van der Waals surface area contributed by atoms with Gasteiger partial charge in [-0.2, -0.15) is 0 Å². The molecule has 7 nitrogen and oxygen atoms in total. The van der Waals surface area contributed by atoms with Crippen molar-refractivity contribution < 1.29 is 22.4 Å². The van der Waals surface area contributed by atoms with E-state index in [4.69, 9.17) is 9.15 Å². The number of para-hydroxylation sites is 1. The molecule has 35 heavy (non-hydrogen) atoms. The van der Waals surface area contributed by atoms with Gasteiger partial charge >= 0.3 is 0 Å². The minimum absolute atomic E-state index is 0.0548. The number of amides is 1. The molecule has 0 spiro atoms. The number of sulfonamides is 1. The van der Waals surface area contributed by atoms with E-state index in [1.807, 2.05) is 32.0 Å². The highest BCUT2D eigenvalue weighted by molar-refractivity contribution is 7.92. The number of furan rings is 1. The number of rotatable bonds is 8. The molecule has 4 rings (SSSR count). The van der Waals surface area contributed by atoms with Crippen LogP contribution in [0.25, 0.3) is 11.0 Å². The fraction of sp³-hybridized carbons (Fsp3) is 0.222. The highest BCUT2D eigenvalue weighted by Gasteiger charge is 2.25. The number of ether oxygens (including phenoxy) is 1.